The van der Waals surface area contributed by atoms with Gasteiger partial charge in [-0.05, 0) is 31.0 Å². The Labute approximate surface area is 134 Å². The van der Waals surface area contributed by atoms with E-state index in [9.17, 15) is 17.6 Å². The van der Waals surface area contributed by atoms with Gasteiger partial charge in [-0.1, -0.05) is 11.6 Å². The molecular weight excluding hydrogens is 331 g/mol. The molecule has 5 nitrogen and oxygen atoms in total. The van der Waals surface area contributed by atoms with E-state index < -0.39 is 21.7 Å². The van der Waals surface area contributed by atoms with Crippen LogP contribution in [0.1, 0.15) is 23.2 Å². The topological polar surface area (TPSA) is 57.7 Å². The van der Waals surface area contributed by atoms with Crippen LogP contribution in [0, 0.1) is 5.82 Å². The molecule has 1 fully saturated rings. The van der Waals surface area contributed by atoms with Crippen LogP contribution < -0.4 is 0 Å². The maximum atomic E-state index is 13.7. The molecule has 0 spiro atoms. The first kappa shape index (κ1) is 17.2. The third-order valence-corrected chi connectivity index (χ3v) is 5.53. The molecule has 0 aromatic heterocycles. The Hall–Kier alpha value is -1.18. The van der Waals surface area contributed by atoms with Crippen LogP contribution in [-0.4, -0.2) is 56.0 Å². The second-order valence-electron chi connectivity index (χ2n) is 5.43. The summed E-state index contributed by atoms with van der Waals surface area (Å²) in [5, 5.41) is 0.302. The quantitative estimate of drug-likeness (QED) is 0.839. The summed E-state index contributed by atoms with van der Waals surface area (Å²) in [6.45, 7) is 0.768. The van der Waals surface area contributed by atoms with Crippen LogP contribution in [0.2, 0.25) is 5.02 Å². The molecule has 1 aromatic rings. The average Bonchev–Trinajstić information content (AvgIpc) is 2.47. The Morgan fingerprint density at radius 1 is 1.36 bits per heavy atom. The molecule has 22 heavy (non-hydrogen) atoms. The highest BCUT2D eigenvalue weighted by molar-refractivity contribution is 7.88. The number of carbonyl (C=O) groups is 1. The van der Waals surface area contributed by atoms with Crippen LogP contribution in [0.5, 0.6) is 0 Å². The van der Waals surface area contributed by atoms with Gasteiger partial charge < -0.3 is 4.90 Å². The van der Waals surface area contributed by atoms with Gasteiger partial charge in [-0.2, -0.15) is 0 Å². The number of rotatable bonds is 3. The lowest BCUT2D eigenvalue weighted by molar-refractivity contribution is 0.0681. The molecule has 0 unspecified atom stereocenters. The van der Waals surface area contributed by atoms with Gasteiger partial charge in [-0.3, -0.25) is 4.79 Å². The van der Waals surface area contributed by atoms with Gasteiger partial charge >= 0.3 is 0 Å². The van der Waals surface area contributed by atoms with E-state index in [0.29, 0.717) is 31.0 Å². The van der Waals surface area contributed by atoms with Crippen molar-refractivity contribution in [1.29, 1.82) is 0 Å². The molecular formula is C14H18ClFN2O3S. The van der Waals surface area contributed by atoms with Gasteiger partial charge in [-0.15, -0.1) is 0 Å². The first-order valence-corrected chi connectivity index (χ1v) is 9.10. The molecule has 1 saturated heterocycles. The van der Waals surface area contributed by atoms with E-state index in [0.717, 1.165) is 6.26 Å². The highest BCUT2D eigenvalue weighted by atomic mass is 35.5. The van der Waals surface area contributed by atoms with E-state index in [1.165, 1.54) is 34.5 Å². The number of benzene rings is 1. The highest BCUT2D eigenvalue weighted by Crippen LogP contribution is 2.21. The van der Waals surface area contributed by atoms with Crippen LogP contribution in [0.15, 0.2) is 18.2 Å². The summed E-state index contributed by atoms with van der Waals surface area (Å²) in [5.74, 6) is -1.02. The average molecular weight is 349 g/mol. The smallest absolute Gasteiger partial charge is 0.256 e. The molecule has 0 N–H and O–H groups in total. The number of amides is 1. The lowest BCUT2D eigenvalue weighted by atomic mass is 10.0. The Morgan fingerprint density at radius 3 is 2.50 bits per heavy atom. The summed E-state index contributed by atoms with van der Waals surface area (Å²) in [6.07, 6.45) is 2.21. The molecule has 0 atom stereocenters. The maximum Gasteiger partial charge on any atom is 0.256 e. The van der Waals surface area contributed by atoms with Crippen LogP contribution in [0.25, 0.3) is 0 Å². The molecule has 1 heterocycles. The van der Waals surface area contributed by atoms with Crippen molar-refractivity contribution in [3.05, 3.63) is 34.6 Å². The SMILES string of the molecule is CN(C1CCN(C(=O)c2cc(Cl)ccc2F)CC1)S(C)(=O)=O. The molecule has 2 rings (SSSR count). The number of piperidine rings is 1. The fourth-order valence-electron chi connectivity index (χ4n) is 2.54. The second kappa shape index (κ2) is 6.52. The van der Waals surface area contributed by atoms with Gasteiger partial charge in [0.2, 0.25) is 10.0 Å². The molecule has 8 heteroatoms. The fraction of sp³-hybridized carbons (Fsp3) is 0.500. The van der Waals surface area contributed by atoms with Crippen LogP contribution >= 0.6 is 11.6 Å². The van der Waals surface area contributed by atoms with E-state index in [-0.39, 0.29) is 11.6 Å². The number of halogens is 2. The van der Waals surface area contributed by atoms with Crippen molar-refractivity contribution in [3.8, 4) is 0 Å². The second-order valence-corrected chi connectivity index (χ2v) is 7.91. The Balaban J connectivity index is 2.05. The number of sulfonamides is 1. The van der Waals surface area contributed by atoms with Crippen molar-refractivity contribution >= 4 is 27.5 Å². The minimum atomic E-state index is -3.25. The molecule has 1 aliphatic rings. The van der Waals surface area contributed by atoms with Crippen LogP contribution in [0.3, 0.4) is 0 Å². The third-order valence-electron chi connectivity index (χ3n) is 3.95. The van der Waals surface area contributed by atoms with Crippen molar-refractivity contribution in [1.82, 2.24) is 9.21 Å². The number of likely N-dealkylation sites (tertiary alicyclic amines) is 1. The summed E-state index contributed by atoms with van der Waals surface area (Å²) in [4.78, 5) is 13.9. The summed E-state index contributed by atoms with van der Waals surface area (Å²) in [7, 11) is -1.72. The van der Waals surface area contributed by atoms with Gasteiger partial charge in [0.05, 0.1) is 11.8 Å². The third kappa shape index (κ3) is 3.77. The lowest BCUT2D eigenvalue weighted by Crippen LogP contribution is -2.47. The molecule has 0 aliphatic carbocycles. The Bertz CT molecular complexity index is 673. The Morgan fingerprint density at radius 2 is 1.95 bits per heavy atom. The number of nitrogens with zero attached hydrogens (tertiary/aromatic N) is 2. The van der Waals surface area contributed by atoms with Crippen molar-refractivity contribution in [3.63, 3.8) is 0 Å². The Kier molecular flexibility index (Phi) is 5.09. The summed E-state index contributed by atoms with van der Waals surface area (Å²) in [6, 6.07) is 3.73. The van der Waals surface area contributed by atoms with E-state index in [4.69, 9.17) is 11.6 Å². The van der Waals surface area contributed by atoms with Crippen LogP contribution in [-0.2, 0) is 10.0 Å². The van der Waals surface area contributed by atoms with Crippen molar-refractivity contribution < 1.29 is 17.6 Å². The zero-order valence-electron chi connectivity index (χ0n) is 12.4. The predicted octanol–water partition coefficient (Wildman–Crippen LogP) is 1.98. The largest absolute Gasteiger partial charge is 0.338 e. The summed E-state index contributed by atoms with van der Waals surface area (Å²) >= 11 is 5.80. The van der Waals surface area contributed by atoms with Gasteiger partial charge in [0.25, 0.3) is 5.91 Å². The zero-order valence-corrected chi connectivity index (χ0v) is 14.0. The monoisotopic (exact) mass is 348 g/mol. The van der Waals surface area contributed by atoms with E-state index in [2.05, 4.69) is 0 Å². The fourth-order valence-corrected chi connectivity index (χ4v) is 3.46. The number of hydrogen-bond donors (Lipinski definition) is 0. The first-order valence-electron chi connectivity index (χ1n) is 6.87. The molecule has 0 bridgehead atoms. The zero-order chi connectivity index (χ0) is 16.5. The number of carbonyl (C=O) groups excluding carboxylic acids is 1. The summed E-state index contributed by atoms with van der Waals surface area (Å²) in [5.41, 5.74) is -0.0533. The minimum absolute atomic E-state index is 0.0533. The molecule has 1 aliphatic heterocycles. The van der Waals surface area contributed by atoms with Gasteiger partial charge in [0.15, 0.2) is 0 Å². The number of hydrogen-bond acceptors (Lipinski definition) is 3. The van der Waals surface area contributed by atoms with Crippen molar-refractivity contribution in [2.24, 2.45) is 0 Å². The molecule has 0 radical (unpaired) electrons. The predicted molar refractivity (Wildman–Crippen MR) is 82.9 cm³/mol. The van der Waals surface area contributed by atoms with Crippen molar-refractivity contribution in [2.75, 3.05) is 26.4 Å². The van der Waals surface area contributed by atoms with E-state index >= 15 is 0 Å². The van der Waals surface area contributed by atoms with Gasteiger partial charge in [0, 0.05) is 31.2 Å². The van der Waals surface area contributed by atoms with Crippen LogP contribution in [0.4, 0.5) is 4.39 Å². The van der Waals surface area contributed by atoms with Gasteiger partial charge in [0.1, 0.15) is 5.82 Å². The lowest BCUT2D eigenvalue weighted by Gasteiger charge is -2.35. The highest BCUT2D eigenvalue weighted by Gasteiger charge is 2.30. The minimum Gasteiger partial charge on any atom is -0.338 e. The molecule has 1 amide bonds. The van der Waals surface area contributed by atoms with Crippen molar-refractivity contribution in [2.45, 2.75) is 18.9 Å². The summed E-state index contributed by atoms with van der Waals surface area (Å²) < 4.78 is 38.1. The molecule has 122 valence electrons. The normalized spacial score (nSPS) is 17.0. The first-order chi connectivity index (χ1) is 10.2. The standard InChI is InChI=1S/C14H18ClFN2O3S/c1-17(22(2,20)21)11-5-7-18(8-6-11)14(19)12-9-10(15)3-4-13(12)16/h3-4,9,11H,5-8H2,1-2H3. The maximum absolute atomic E-state index is 13.7. The molecule has 0 saturated carbocycles. The van der Waals surface area contributed by atoms with E-state index in [1.807, 2.05) is 0 Å². The molecule has 1 aromatic carbocycles. The van der Waals surface area contributed by atoms with E-state index in [1.54, 1.807) is 0 Å². The van der Waals surface area contributed by atoms with Gasteiger partial charge in [-0.25, -0.2) is 17.1 Å².